The summed E-state index contributed by atoms with van der Waals surface area (Å²) in [5.74, 6) is -4.17. The van der Waals surface area contributed by atoms with Gasteiger partial charge in [-0.1, -0.05) is 42.5 Å². The van der Waals surface area contributed by atoms with E-state index >= 15 is 0 Å². The van der Waals surface area contributed by atoms with E-state index in [1.54, 1.807) is 42.5 Å². The molecule has 0 spiro atoms. The SMILES string of the molecule is NCCCC[C@H](NC(=O)CNC(=O)[C@@H]1CCCN1C(=O)[C@H](Cc1ccc(O)cc1)NC(=O)CN)C(=O)N[C@@H](Cc1ccccc1)C(=O)O. The number of benzene rings is 2. The van der Waals surface area contributed by atoms with Crippen LogP contribution in [0, 0.1) is 0 Å². The molecule has 1 heterocycles. The zero-order chi connectivity index (χ0) is 35.1. The van der Waals surface area contributed by atoms with Crippen LogP contribution in [0.2, 0.25) is 0 Å². The molecule has 10 N–H and O–H groups in total. The lowest BCUT2D eigenvalue weighted by molar-refractivity contribution is -0.142. The van der Waals surface area contributed by atoms with Gasteiger partial charge in [-0.3, -0.25) is 24.0 Å². The predicted octanol–water partition coefficient (Wildman–Crippen LogP) is -1.09. The van der Waals surface area contributed by atoms with Gasteiger partial charge >= 0.3 is 5.97 Å². The summed E-state index contributed by atoms with van der Waals surface area (Å²) in [5, 5.41) is 29.5. The number of carboxylic acid groups (broad SMARTS) is 1. The monoisotopic (exact) mass is 667 g/mol. The Labute approximate surface area is 278 Å². The summed E-state index contributed by atoms with van der Waals surface area (Å²) < 4.78 is 0. The van der Waals surface area contributed by atoms with Crippen molar-refractivity contribution in [1.29, 1.82) is 0 Å². The minimum absolute atomic E-state index is 0.0444. The zero-order valence-corrected chi connectivity index (χ0v) is 26.7. The van der Waals surface area contributed by atoms with Gasteiger partial charge in [0.1, 0.15) is 29.9 Å². The molecule has 5 amide bonds. The van der Waals surface area contributed by atoms with Crippen LogP contribution >= 0.6 is 0 Å². The molecular formula is C33H45N7O8. The summed E-state index contributed by atoms with van der Waals surface area (Å²) in [7, 11) is 0. The van der Waals surface area contributed by atoms with Gasteiger partial charge in [0.2, 0.25) is 29.5 Å². The molecule has 15 nitrogen and oxygen atoms in total. The Balaban J connectivity index is 1.62. The summed E-state index contributed by atoms with van der Waals surface area (Å²) in [6.07, 6.45) is 2.25. The molecule has 0 aromatic heterocycles. The number of likely N-dealkylation sites (tertiary alicyclic amines) is 1. The average molecular weight is 668 g/mol. The molecule has 260 valence electrons. The third-order valence-electron chi connectivity index (χ3n) is 7.95. The maximum Gasteiger partial charge on any atom is 0.326 e. The van der Waals surface area contributed by atoms with E-state index < -0.39 is 66.2 Å². The summed E-state index contributed by atoms with van der Waals surface area (Å²) in [5.41, 5.74) is 12.4. The normalized spacial score (nSPS) is 15.9. The Kier molecular flexibility index (Phi) is 14.8. The van der Waals surface area contributed by atoms with Crippen LogP contribution in [0.5, 0.6) is 5.75 Å². The predicted molar refractivity (Wildman–Crippen MR) is 175 cm³/mol. The third-order valence-corrected chi connectivity index (χ3v) is 7.95. The number of carboxylic acids is 1. The number of phenolic OH excluding ortho intramolecular Hbond substituents is 1. The smallest absolute Gasteiger partial charge is 0.326 e. The summed E-state index contributed by atoms with van der Waals surface area (Å²) in [4.78, 5) is 78.3. The molecule has 0 radical (unpaired) electrons. The highest BCUT2D eigenvalue weighted by Gasteiger charge is 2.38. The summed E-state index contributed by atoms with van der Waals surface area (Å²) in [6, 6.07) is 10.7. The molecule has 1 aliphatic rings. The number of unbranched alkanes of at least 4 members (excludes halogenated alkanes) is 1. The molecule has 2 aromatic rings. The van der Waals surface area contributed by atoms with Crippen LogP contribution in [0.1, 0.15) is 43.2 Å². The van der Waals surface area contributed by atoms with E-state index in [0.29, 0.717) is 43.4 Å². The van der Waals surface area contributed by atoms with Crippen LogP contribution in [0.4, 0.5) is 0 Å². The second-order valence-corrected chi connectivity index (χ2v) is 11.6. The van der Waals surface area contributed by atoms with Crippen molar-refractivity contribution in [1.82, 2.24) is 26.2 Å². The number of aliphatic carboxylic acids is 1. The maximum atomic E-state index is 13.6. The number of phenols is 1. The van der Waals surface area contributed by atoms with E-state index in [4.69, 9.17) is 11.5 Å². The fourth-order valence-corrected chi connectivity index (χ4v) is 5.44. The number of hydrogen-bond donors (Lipinski definition) is 8. The molecule has 15 heteroatoms. The minimum atomic E-state index is -1.23. The first-order valence-corrected chi connectivity index (χ1v) is 15.9. The second-order valence-electron chi connectivity index (χ2n) is 11.6. The molecule has 0 aliphatic carbocycles. The molecule has 48 heavy (non-hydrogen) atoms. The van der Waals surface area contributed by atoms with Gasteiger partial charge in [-0.25, -0.2) is 4.79 Å². The quantitative estimate of drug-likeness (QED) is 0.0893. The van der Waals surface area contributed by atoms with Crippen LogP contribution in [-0.4, -0.2) is 101 Å². The first-order valence-electron chi connectivity index (χ1n) is 15.9. The molecule has 2 aromatic carbocycles. The first-order chi connectivity index (χ1) is 23.0. The lowest BCUT2D eigenvalue weighted by atomic mass is 10.0. The Bertz CT molecular complexity index is 1410. The third kappa shape index (κ3) is 11.7. The summed E-state index contributed by atoms with van der Waals surface area (Å²) in [6.45, 7) is -0.212. The van der Waals surface area contributed by atoms with Crippen molar-refractivity contribution in [3.8, 4) is 5.75 Å². The van der Waals surface area contributed by atoms with E-state index in [1.165, 1.54) is 17.0 Å². The van der Waals surface area contributed by atoms with E-state index in [1.807, 2.05) is 0 Å². The van der Waals surface area contributed by atoms with Gasteiger partial charge in [0, 0.05) is 19.4 Å². The molecule has 0 saturated carbocycles. The van der Waals surface area contributed by atoms with Crippen LogP contribution in [0.15, 0.2) is 54.6 Å². The van der Waals surface area contributed by atoms with Crippen LogP contribution in [0.25, 0.3) is 0 Å². The standard InChI is InChI=1S/C33H45N7O8/c34-15-5-4-9-24(30(44)39-26(33(47)48)18-21-7-2-1-3-8-21)37-29(43)20-36-31(45)27-10-6-16-40(27)32(46)25(38-28(42)19-35)17-22-11-13-23(41)14-12-22/h1-3,7-8,11-14,24-27,41H,4-6,9-10,15-20,34-35H2,(H,36,45)(H,37,43)(H,38,42)(H,39,44)(H,47,48)/t24-,25-,26-,27-/m0/s1. The highest BCUT2D eigenvalue weighted by molar-refractivity contribution is 5.95. The molecule has 1 fully saturated rings. The number of hydrogen-bond acceptors (Lipinski definition) is 9. The largest absolute Gasteiger partial charge is 0.508 e. The molecule has 3 rings (SSSR count). The Morgan fingerprint density at radius 1 is 0.812 bits per heavy atom. The fraction of sp³-hybridized carbons (Fsp3) is 0.455. The topological polar surface area (TPSA) is 246 Å². The average Bonchev–Trinajstić information content (AvgIpc) is 3.57. The van der Waals surface area contributed by atoms with Crippen molar-refractivity contribution < 1.29 is 39.0 Å². The number of nitrogens with one attached hydrogen (secondary N) is 4. The highest BCUT2D eigenvalue weighted by Crippen LogP contribution is 2.20. The number of nitrogens with zero attached hydrogens (tertiary/aromatic N) is 1. The van der Waals surface area contributed by atoms with Crippen LogP contribution in [-0.2, 0) is 41.6 Å². The van der Waals surface area contributed by atoms with E-state index in [9.17, 15) is 39.0 Å². The molecule has 1 aliphatic heterocycles. The van der Waals surface area contributed by atoms with Crippen molar-refractivity contribution in [2.24, 2.45) is 11.5 Å². The van der Waals surface area contributed by atoms with E-state index in [-0.39, 0.29) is 38.1 Å². The van der Waals surface area contributed by atoms with Crippen molar-refractivity contribution in [3.05, 3.63) is 65.7 Å². The van der Waals surface area contributed by atoms with Gasteiger partial charge in [0.15, 0.2) is 0 Å². The van der Waals surface area contributed by atoms with Gasteiger partial charge in [0.25, 0.3) is 0 Å². The number of carbonyl (C=O) groups excluding carboxylic acids is 5. The van der Waals surface area contributed by atoms with Crippen molar-refractivity contribution in [2.75, 3.05) is 26.2 Å². The van der Waals surface area contributed by atoms with Gasteiger partial charge in [0.05, 0.1) is 13.1 Å². The highest BCUT2D eigenvalue weighted by atomic mass is 16.4. The van der Waals surface area contributed by atoms with Crippen LogP contribution < -0.4 is 32.7 Å². The van der Waals surface area contributed by atoms with Crippen molar-refractivity contribution in [2.45, 2.75) is 69.1 Å². The van der Waals surface area contributed by atoms with Gasteiger partial charge in [-0.15, -0.1) is 0 Å². The number of carbonyl (C=O) groups is 6. The summed E-state index contributed by atoms with van der Waals surface area (Å²) >= 11 is 0. The van der Waals surface area contributed by atoms with Crippen molar-refractivity contribution >= 4 is 35.5 Å². The maximum absolute atomic E-state index is 13.6. The Hall–Kier alpha value is -5.02. The minimum Gasteiger partial charge on any atom is -0.508 e. The fourth-order valence-electron chi connectivity index (χ4n) is 5.44. The molecule has 0 bridgehead atoms. The number of rotatable bonds is 18. The lowest BCUT2D eigenvalue weighted by Crippen LogP contribution is -2.56. The number of nitrogens with two attached hydrogens (primary N) is 2. The Morgan fingerprint density at radius 2 is 1.46 bits per heavy atom. The lowest BCUT2D eigenvalue weighted by Gasteiger charge is -2.29. The van der Waals surface area contributed by atoms with Gasteiger partial charge in [-0.05, 0) is 61.9 Å². The Morgan fingerprint density at radius 3 is 2.10 bits per heavy atom. The van der Waals surface area contributed by atoms with Crippen molar-refractivity contribution in [3.63, 3.8) is 0 Å². The van der Waals surface area contributed by atoms with Gasteiger partial charge < -0.3 is 47.8 Å². The number of amides is 5. The van der Waals surface area contributed by atoms with E-state index in [2.05, 4.69) is 21.3 Å². The second kappa shape index (κ2) is 19.0. The zero-order valence-electron chi connectivity index (χ0n) is 26.7. The first kappa shape index (κ1) is 37.4. The van der Waals surface area contributed by atoms with Gasteiger partial charge in [-0.2, -0.15) is 0 Å². The van der Waals surface area contributed by atoms with Crippen LogP contribution in [0.3, 0.4) is 0 Å². The molecule has 1 saturated heterocycles. The molecule has 0 unspecified atom stereocenters. The molecule has 4 atom stereocenters. The van der Waals surface area contributed by atoms with E-state index in [0.717, 1.165) is 0 Å². The molecular weight excluding hydrogens is 622 g/mol. The number of aromatic hydroxyl groups is 1.